The summed E-state index contributed by atoms with van der Waals surface area (Å²) in [6.07, 6.45) is 10.1. The molecule has 1 fully saturated rings. The molecular weight excluding hydrogens is 378 g/mol. The highest BCUT2D eigenvalue weighted by atomic mass is 35.5. The fourth-order valence-electron chi connectivity index (χ4n) is 3.70. The maximum atomic E-state index is 12.2. The average Bonchev–Trinajstić information content (AvgIpc) is 2.96. The second-order valence-electron chi connectivity index (χ2n) is 7.40. The van der Waals surface area contributed by atoms with Crippen molar-refractivity contribution in [3.8, 4) is 0 Å². The zero-order chi connectivity index (χ0) is 20.5. The van der Waals surface area contributed by atoms with Gasteiger partial charge in [0.25, 0.3) is 0 Å². The third-order valence-corrected chi connectivity index (χ3v) is 5.48. The van der Waals surface area contributed by atoms with Crippen molar-refractivity contribution in [3.63, 3.8) is 0 Å². The van der Waals surface area contributed by atoms with Crippen LogP contribution >= 0.6 is 11.6 Å². The lowest BCUT2D eigenvalue weighted by atomic mass is 9.89. The van der Waals surface area contributed by atoms with Crippen LogP contribution in [0.15, 0.2) is 24.3 Å². The summed E-state index contributed by atoms with van der Waals surface area (Å²) in [5.74, 6) is -0.299. The molecule has 1 aromatic rings. The van der Waals surface area contributed by atoms with E-state index < -0.39 is 5.97 Å². The molecule has 2 unspecified atom stereocenters. The highest BCUT2D eigenvalue weighted by Crippen LogP contribution is 2.35. The van der Waals surface area contributed by atoms with Gasteiger partial charge in [-0.15, -0.1) is 0 Å². The fraction of sp³-hybridized carbons (Fsp3) is 0.500. The maximum absolute atomic E-state index is 12.2. The second kappa shape index (κ2) is 11.0. The van der Waals surface area contributed by atoms with Gasteiger partial charge in [-0.2, -0.15) is 0 Å². The first-order valence-electron chi connectivity index (χ1n) is 9.86. The summed E-state index contributed by atoms with van der Waals surface area (Å²) < 4.78 is 0. The molecule has 0 aliphatic heterocycles. The van der Waals surface area contributed by atoms with Crippen molar-refractivity contribution in [1.29, 1.82) is 0 Å². The number of nitrogens with one attached hydrogen (secondary N) is 1. The van der Waals surface area contributed by atoms with Gasteiger partial charge in [0.1, 0.15) is 5.78 Å². The Balaban J connectivity index is 1.88. The van der Waals surface area contributed by atoms with Gasteiger partial charge in [0.05, 0.1) is 0 Å². The molecule has 1 aliphatic rings. The summed E-state index contributed by atoms with van der Waals surface area (Å²) >= 11 is 6.31. The molecule has 1 saturated carbocycles. The number of Topliss-reactive ketones (excluding diaryl/α,β-unsaturated/α-hetero) is 1. The fourth-order valence-corrected chi connectivity index (χ4v) is 3.95. The minimum Gasteiger partial charge on any atom is -0.481 e. The van der Waals surface area contributed by atoms with Crippen LogP contribution in [0.25, 0.3) is 6.08 Å². The Labute approximate surface area is 171 Å². The number of allylic oxidation sites excluding steroid dienone is 1. The van der Waals surface area contributed by atoms with E-state index in [0.717, 1.165) is 37.7 Å². The lowest BCUT2D eigenvalue weighted by Gasteiger charge is -2.15. The Hall–Kier alpha value is -2.14. The lowest BCUT2D eigenvalue weighted by Crippen LogP contribution is -2.13. The third-order valence-electron chi connectivity index (χ3n) is 5.15. The number of carboxylic acid groups (broad SMARTS) is 1. The van der Waals surface area contributed by atoms with E-state index in [-0.39, 0.29) is 24.2 Å². The van der Waals surface area contributed by atoms with Crippen molar-refractivity contribution in [2.75, 3.05) is 5.32 Å². The molecular formula is C22H28ClNO4. The number of ketones is 1. The van der Waals surface area contributed by atoms with Gasteiger partial charge < -0.3 is 10.4 Å². The van der Waals surface area contributed by atoms with Crippen LogP contribution in [-0.2, 0) is 14.4 Å². The molecule has 0 radical (unpaired) electrons. The molecule has 5 nitrogen and oxygen atoms in total. The molecule has 2 N–H and O–H groups in total. The summed E-state index contributed by atoms with van der Waals surface area (Å²) in [7, 11) is 0. The number of amides is 1. The molecule has 0 aromatic heterocycles. The number of carbonyl (C=O) groups is 3. The van der Waals surface area contributed by atoms with Gasteiger partial charge in [-0.3, -0.25) is 14.4 Å². The van der Waals surface area contributed by atoms with E-state index in [1.165, 1.54) is 6.92 Å². The smallest absolute Gasteiger partial charge is 0.303 e. The van der Waals surface area contributed by atoms with Gasteiger partial charge in [-0.1, -0.05) is 49.1 Å². The summed E-state index contributed by atoms with van der Waals surface area (Å²) in [6.45, 7) is 1.45. The zero-order valence-corrected chi connectivity index (χ0v) is 17.0. The number of aliphatic carboxylic acids is 1. The number of carbonyl (C=O) groups excluding carboxylic acids is 2. The van der Waals surface area contributed by atoms with Crippen molar-refractivity contribution >= 4 is 41.0 Å². The van der Waals surface area contributed by atoms with Crippen LogP contribution < -0.4 is 5.32 Å². The topological polar surface area (TPSA) is 83.5 Å². The minimum absolute atomic E-state index is 0.0492. The summed E-state index contributed by atoms with van der Waals surface area (Å²) in [6, 6.07) is 5.39. The van der Waals surface area contributed by atoms with Crippen molar-refractivity contribution < 1.29 is 19.5 Å². The monoisotopic (exact) mass is 405 g/mol. The molecule has 1 aromatic carbocycles. The van der Waals surface area contributed by atoms with Crippen LogP contribution in [0.5, 0.6) is 0 Å². The standard InChI is InChI=1S/C22H28ClNO4/c1-15(25)24-18-12-10-17(20(23)14-18)9-8-16-11-13-21(26)19(16)6-4-2-3-5-7-22(27)28/h8-10,12,14,16,19H,2-7,11,13H2,1H3,(H,24,25)(H,27,28). The molecule has 152 valence electrons. The zero-order valence-electron chi connectivity index (χ0n) is 16.2. The molecule has 6 heteroatoms. The number of unbranched alkanes of at least 4 members (excludes halogenated alkanes) is 3. The highest BCUT2D eigenvalue weighted by Gasteiger charge is 2.32. The Bertz CT molecular complexity index is 744. The Morgan fingerprint density at radius 3 is 2.68 bits per heavy atom. The predicted molar refractivity (Wildman–Crippen MR) is 111 cm³/mol. The predicted octanol–water partition coefficient (Wildman–Crippen LogP) is 5.33. The van der Waals surface area contributed by atoms with Gasteiger partial charge in [-0.05, 0) is 42.9 Å². The van der Waals surface area contributed by atoms with E-state index in [4.69, 9.17) is 16.7 Å². The van der Waals surface area contributed by atoms with E-state index in [9.17, 15) is 14.4 Å². The Kier molecular flexibility index (Phi) is 8.71. The summed E-state index contributed by atoms with van der Waals surface area (Å²) in [5.41, 5.74) is 1.52. The number of anilines is 1. The van der Waals surface area contributed by atoms with Gasteiger partial charge in [0, 0.05) is 36.4 Å². The molecule has 0 bridgehead atoms. The number of carboxylic acids is 1. The number of hydrogen-bond donors (Lipinski definition) is 2. The van der Waals surface area contributed by atoms with E-state index in [2.05, 4.69) is 11.4 Å². The number of hydrogen-bond acceptors (Lipinski definition) is 3. The van der Waals surface area contributed by atoms with Crippen LogP contribution in [0.4, 0.5) is 5.69 Å². The first-order valence-corrected chi connectivity index (χ1v) is 10.2. The van der Waals surface area contributed by atoms with Gasteiger partial charge in [0.15, 0.2) is 0 Å². The van der Waals surface area contributed by atoms with E-state index in [0.29, 0.717) is 29.3 Å². The number of benzene rings is 1. The normalized spacial score (nSPS) is 19.3. The van der Waals surface area contributed by atoms with Gasteiger partial charge >= 0.3 is 5.97 Å². The van der Waals surface area contributed by atoms with Gasteiger partial charge in [-0.25, -0.2) is 0 Å². The maximum Gasteiger partial charge on any atom is 0.303 e. The molecule has 0 saturated heterocycles. The second-order valence-corrected chi connectivity index (χ2v) is 7.81. The molecule has 2 atom stereocenters. The number of rotatable bonds is 10. The molecule has 1 aliphatic carbocycles. The Morgan fingerprint density at radius 1 is 1.25 bits per heavy atom. The van der Waals surface area contributed by atoms with Crippen LogP contribution in [0, 0.1) is 11.8 Å². The van der Waals surface area contributed by atoms with Crippen molar-refractivity contribution in [2.45, 2.75) is 58.3 Å². The average molecular weight is 406 g/mol. The number of halogens is 1. The largest absolute Gasteiger partial charge is 0.481 e. The summed E-state index contributed by atoms with van der Waals surface area (Å²) in [4.78, 5) is 33.9. The van der Waals surface area contributed by atoms with Crippen LogP contribution in [0.3, 0.4) is 0 Å². The van der Waals surface area contributed by atoms with E-state index in [1.807, 2.05) is 12.1 Å². The quantitative estimate of drug-likeness (QED) is 0.515. The van der Waals surface area contributed by atoms with E-state index in [1.54, 1.807) is 12.1 Å². The highest BCUT2D eigenvalue weighted by molar-refractivity contribution is 6.32. The van der Waals surface area contributed by atoms with Gasteiger partial charge in [0.2, 0.25) is 5.91 Å². The SMILES string of the molecule is CC(=O)Nc1ccc(C=CC2CCC(=O)C2CCCCCCC(=O)O)c(Cl)c1. The minimum atomic E-state index is -0.750. The van der Waals surface area contributed by atoms with E-state index >= 15 is 0 Å². The molecule has 1 amide bonds. The Morgan fingerprint density at radius 2 is 2.00 bits per heavy atom. The van der Waals surface area contributed by atoms with Crippen molar-refractivity contribution in [2.24, 2.45) is 11.8 Å². The molecule has 0 heterocycles. The first kappa shape index (κ1) is 22.2. The van der Waals surface area contributed by atoms with Crippen LogP contribution in [-0.4, -0.2) is 22.8 Å². The van der Waals surface area contributed by atoms with Crippen LogP contribution in [0.2, 0.25) is 5.02 Å². The lowest BCUT2D eigenvalue weighted by molar-refractivity contribution is -0.137. The molecule has 28 heavy (non-hydrogen) atoms. The first-order chi connectivity index (χ1) is 13.4. The van der Waals surface area contributed by atoms with Crippen molar-refractivity contribution in [1.82, 2.24) is 0 Å². The van der Waals surface area contributed by atoms with Crippen molar-refractivity contribution in [3.05, 3.63) is 34.9 Å². The summed E-state index contributed by atoms with van der Waals surface area (Å²) in [5, 5.41) is 11.9. The van der Waals surface area contributed by atoms with Crippen LogP contribution in [0.1, 0.15) is 63.9 Å². The molecule has 0 spiro atoms. The third kappa shape index (κ3) is 7.12. The molecule has 2 rings (SSSR count).